The topological polar surface area (TPSA) is 55.1 Å². The highest BCUT2D eigenvalue weighted by molar-refractivity contribution is 6.33. The van der Waals surface area contributed by atoms with Gasteiger partial charge in [-0.05, 0) is 50.6 Å². The van der Waals surface area contributed by atoms with Crippen LogP contribution in [0.5, 0.6) is 0 Å². The fourth-order valence-electron chi connectivity index (χ4n) is 2.84. The summed E-state index contributed by atoms with van der Waals surface area (Å²) in [6.07, 6.45) is 0. The van der Waals surface area contributed by atoms with Crippen molar-refractivity contribution in [1.29, 1.82) is 0 Å². The number of aromatic carboxylic acids is 1. The molecule has 122 valence electrons. The molecule has 0 fully saturated rings. The average molecular weight is 341 g/mol. The van der Waals surface area contributed by atoms with E-state index in [1.54, 1.807) is 12.1 Å². The molecule has 0 bridgehead atoms. The third-order valence-corrected chi connectivity index (χ3v) is 4.38. The molecule has 0 aliphatic heterocycles. The number of benzene rings is 2. The number of aromatic nitrogens is 2. The van der Waals surface area contributed by atoms with Crippen LogP contribution in [0.1, 0.15) is 27.3 Å². The van der Waals surface area contributed by atoms with E-state index >= 15 is 0 Å². The summed E-state index contributed by atoms with van der Waals surface area (Å²) in [5, 5.41) is 14.1. The lowest BCUT2D eigenvalue weighted by Crippen LogP contribution is -1.99. The third-order valence-electron chi connectivity index (χ3n) is 4.06. The molecule has 4 nitrogen and oxygen atoms in total. The zero-order valence-corrected chi connectivity index (χ0v) is 14.4. The van der Waals surface area contributed by atoms with Gasteiger partial charge in [-0.25, -0.2) is 9.48 Å². The van der Waals surface area contributed by atoms with Crippen molar-refractivity contribution in [3.8, 4) is 16.8 Å². The van der Waals surface area contributed by atoms with Gasteiger partial charge in [-0.2, -0.15) is 5.10 Å². The van der Waals surface area contributed by atoms with Crippen LogP contribution in [0.25, 0.3) is 16.8 Å². The lowest BCUT2D eigenvalue weighted by molar-refractivity contribution is 0.0697. The van der Waals surface area contributed by atoms with Gasteiger partial charge in [0, 0.05) is 11.3 Å². The van der Waals surface area contributed by atoms with Crippen LogP contribution >= 0.6 is 11.6 Å². The van der Waals surface area contributed by atoms with Crippen LogP contribution in [-0.4, -0.2) is 20.9 Å². The van der Waals surface area contributed by atoms with E-state index in [-0.39, 0.29) is 10.6 Å². The smallest absolute Gasteiger partial charge is 0.337 e. The normalized spacial score (nSPS) is 10.8. The van der Waals surface area contributed by atoms with E-state index in [0.29, 0.717) is 0 Å². The number of nitrogens with zero attached hydrogens (tertiary/aromatic N) is 2. The maximum Gasteiger partial charge on any atom is 0.337 e. The highest BCUT2D eigenvalue weighted by Gasteiger charge is 2.17. The average Bonchev–Trinajstić information content (AvgIpc) is 2.83. The van der Waals surface area contributed by atoms with Gasteiger partial charge in [0.2, 0.25) is 0 Å². The lowest BCUT2D eigenvalue weighted by atomic mass is 10.0. The Kier molecular flexibility index (Phi) is 4.16. The number of hydrogen-bond acceptors (Lipinski definition) is 2. The number of aryl methyl sites for hydroxylation is 2. The van der Waals surface area contributed by atoms with Crippen LogP contribution in [0.3, 0.4) is 0 Å². The van der Waals surface area contributed by atoms with E-state index in [4.69, 9.17) is 11.6 Å². The molecule has 0 amide bonds. The molecular weight excluding hydrogens is 324 g/mol. The predicted octanol–water partition coefficient (Wildman–Crippen LogP) is 4.82. The number of halogens is 1. The zero-order chi connectivity index (χ0) is 17.4. The molecule has 2 aromatic carbocycles. The molecule has 0 radical (unpaired) electrons. The maximum absolute atomic E-state index is 11.3. The van der Waals surface area contributed by atoms with Crippen molar-refractivity contribution in [2.24, 2.45) is 0 Å². The lowest BCUT2D eigenvalue weighted by Gasteiger charge is -2.07. The predicted molar refractivity (Wildman–Crippen MR) is 95.2 cm³/mol. The first-order valence-corrected chi connectivity index (χ1v) is 7.92. The van der Waals surface area contributed by atoms with Gasteiger partial charge in [0.1, 0.15) is 0 Å². The summed E-state index contributed by atoms with van der Waals surface area (Å²) in [7, 11) is 0. The molecule has 5 heteroatoms. The second kappa shape index (κ2) is 6.13. The molecule has 1 N–H and O–H groups in total. The van der Waals surface area contributed by atoms with Crippen molar-refractivity contribution in [3.05, 3.63) is 70.0 Å². The molecule has 0 aliphatic rings. The van der Waals surface area contributed by atoms with Crippen molar-refractivity contribution in [1.82, 2.24) is 9.78 Å². The summed E-state index contributed by atoms with van der Waals surface area (Å²) in [6.45, 7) is 5.93. The van der Waals surface area contributed by atoms with Crippen LogP contribution in [0.4, 0.5) is 0 Å². The second-order valence-electron chi connectivity index (χ2n) is 5.79. The highest BCUT2D eigenvalue weighted by Crippen LogP contribution is 2.31. The van der Waals surface area contributed by atoms with Gasteiger partial charge in [-0.3, -0.25) is 0 Å². The van der Waals surface area contributed by atoms with Gasteiger partial charge < -0.3 is 5.11 Å². The first-order chi connectivity index (χ1) is 11.4. The second-order valence-corrected chi connectivity index (χ2v) is 6.20. The fraction of sp³-hybridized carbons (Fsp3) is 0.158. The number of hydrogen-bond donors (Lipinski definition) is 1. The van der Waals surface area contributed by atoms with Crippen molar-refractivity contribution >= 4 is 17.6 Å². The minimum Gasteiger partial charge on any atom is -0.478 e. The molecule has 3 rings (SSSR count). The van der Waals surface area contributed by atoms with E-state index < -0.39 is 5.97 Å². The molecule has 3 aromatic rings. The standard InChI is InChI=1S/C19H17ClN2O2/c1-11-4-7-15(8-5-11)22-13(3)18(12(2)21-22)14-6-9-17(20)16(10-14)19(23)24/h4-10H,1-3H3,(H,23,24). The molecule has 1 aromatic heterocycles. The van der Waals surface area contributed by atoms with Crippen LogP contribution in [0.15, 0.2) is 42.5 Å². The molecule has 1 heterocycles. The molecule has 0 spiro atoms. The van der Waals surface area contributed by atoms with Gasteiger partial charge in [0.05, 0.1) is 22.0 Å². The zero-order valence-electron chi connectivity index (χ0n) is 13.7. The summed E-state index contributed by atoms with van der Waals surface area (Å²) >= 11 is 5.97. The number of carboxylic acids is 1. The van der Waals surface area contributed by atoms with Crippen LogP contribution in [0, 0.1) is 20.8 Å². The van der Waals surface area contributed by atoms with Gasteiger partial charge in [0.15, 0.2) is 0 Å². The van der Waals surface area contributed by atoms with Gasteiger partial charge in [-0.15, -0.1) is 0 Å². The van der Waals surface area contributed by atoms with Crippen LogP contribution in [-0.2, 0) is 0 Å². The van der Waals surface area contributed by atoms with Crippen molar-refractivity contribution < 1.29 is 9.90 Å². The van der Waals surface area contributed by atoms with E-state index in [1.807, 2.05) is 55.8 Å². The monoisotopic (exact) mass is 340 g/mol. The Morgan fingerprint density at radius 1 is 1.08 bits per heavy atom. The van der Waals surface area contributed by atoms with E-state index in [1.165, 1.54) is 5.56 Å². The Morgan fingerprint density at radius 3 is 2.38 bits per heavy atom. The van der Waals surface area contributed by atoms with Crippen molar-refractivity contribution in [3.63, 3.8) is 0 Å². The SMILES string of the molecule is Cc1ccc(-n2nc(C)c(-c3ccc(Cl)c(C(=O)O)c3)c2C)cc1. The first kappa shape index (κ1) is 16.3. The van der Waals surface area contributed by atoms with Crippen LogP contribution in [0.2, 0.25) is 5.02 Å². The summed E-state index contributed by atoms with van der Waals surface area (Å²) in [5.41, 5.74) is 5.77. The largest absolute Gasteiger partial charge is 0.478 e. The van der Waals surface area contributed by atoms with Gasteiger partial charge >= 0.3 is 5.97 Å². The van der Waals surface area contributed by atoms with E-state index in [9.17, 15) is 9.90 Å². The first-order valence-electron chi connectivity index (χ1n) is 7.55. The summed E-state index contributed by atoms with van der Waals surface area (Å²) in [5.74, 6) is -1.04. The Hall–Kier alpha value is -2.59. The Morgan fingerprint density at radius 2 is 1.75 bits per heavy atom. The summed E-state index contributed by atoms with van der Waals surface area (Å²) < 4.78 is 1.87. The molecule has 0 atom stereocenters. The third kappa shape index (κ3) is 2.81. The van der Waals surface area contributed by atoms with Gasteiger partial charge in [0.25, 0.3) is 0 Å². The van der Waals surface area contributed by atoms with Crippen molar-refractivity contribution in [2.45, 2.75) is 20.8 Å². The highest BCUT2D eigenvalue weighted by atomic mass is 35.5. The summed E-state index contributed by atoms with van der Waals surface area (Å²) in [6, 6.07) is 13.1. The van der Waals surface area contributed by atoms with E-state index in [0.717, 1.165) is 28.2 Å². The minimum atomic E-state index is -1.04. The number of carboxylic acid groups (broad SMARTS) is 1. The number of carbonyl (C=O) groups is 1. The minimum absolute atomic E-state index is 0.0936. The molecule has 0 saturated heterocycles. The quantitative estimate of drug-likeness (QED) is 0.744. The molecule has 0 aliphatic carbocycles. The van der Waals surface area contributed by atoms with Crippen molar-refractivity contribution in [2.75, 3.05) is 0 Å². The van der Waals surface area contributed by atoms with E-state index in [2.05, 4.69) is 5.10 Å². The Bertz CT molecular complexity index is 927. The Labute approximate surface area is 145 Å². The number of rotatable bonds is 3. The van der Waals surface area contributed by atoms with Gasteiger partial charge in [-0.1, -0.05) is 35.4 Å². The molecule has 0 unspecified atom stereocenters. The summed E-state index contributed by atoms with van der Waals surface area (Å²) in [4.78, 5) is 11.3. The fourth-order valence-corrected chi connectivity index (χ4v) is 3.04. The van der Waals surface area contributed by atoms with Crippen LogP contribution < -0.4 is 0 Å². The Balaban J connectivity index is 2.15. The maximum atomic E-state index is 11.3. The molecular formula is C19H17ClN2O2. The molecule has 24 heavy (non-hydrogen) atoms. The molecule has 0 saturated carbocycles.